The van der Waals surface area contributed by atoms with E-state index in [4.69, 9.17) is 0 Å². The van der Waals surface area contributed by atoms with Crippen molar-refractivity contribution in [1.29, 1.82) is 0 Å². The topological polar surface area (TPSA) is 79.8 Å². The van der Waals surface area contributed by atoms with E-state index in [1.807, 2.05) is 27.8 Å². The van der Waals surface area contributed by atoms with Crippen LogP contribution in [0.3, 0.4) is 0 Å². The third-order valence-corrected chi connectivity index (χ3v) is 3.94. The van der Waals surface area contributed by atoms with Gasteiger partial charge in [0.2, 0.25) is 0 Å². The lowest BCUT2D eigenvalue weighted by molar-refractivity contribution is 0.0937. The van der Waals surface area contributed by atoms with E-state index < -0.39 is 0 Å². The molecule has 2 aromatic rings. The summed E-state index contributed by atoms with van der Waals surface area (Å²) in [4.78, 5) is 27.1. The highest BCUT2D eigenvalue weighted by molar-refractivity contribution is 5.95. The number of carbonyl (C=O) groups is 1. The molecule has 0 saturated carbocycles. The van der Waals surface area contributed by atoms with E-state index in [2.05, 4.69) is 15.4 Å². The van der Waals surface area contributed by atoms with Crippen LogP contribution >= 0.6 is 0 Å². The lowest BCUT2D eigenvalue weighted by Gasteiger charge is -2.15. The number of aromatic amines is 1. The molecule has 0 fully saturated rings. The minimum absolute atomic E-state index is 0.164. The second kappa shape index (κ2) is 5.79. The fourth-order valence-electron chi connectivity index (χ4n) is 2.89. The fraction of sp³-hybridized carbons (Fsp3) is 0.438. The molecule has 2 N–H and O–H groups in total. The van der Waals surface area contributed by atoms with Crippen molar-refractivity contribution in [2.75, 3.05) is 0 Å². The number of carbonyl (C=O) groups excluding carboxylic acids is 1. The molecule has 22 heavy (non-hydrogen) atoms. The predicted molar refractivity (Wildman–Crippen MR) is 85.1 cm³/mol. The third kappa shape index (κ3) is 2.81. The third-order valence-electron chi connectivity index (χ3n) is 3.94. The fourth-order valence-corrected chi connectivity index (χ4v) is 2.89. The lowest BCUT2D eigenvalue weighted by atomic mass is 10.0. The largest absolute Gasteiger partial charge is 0.345 e. The number of hydrogen-bond donors (Lipinski definition) is 2. The first-order chi connectivity index (χ1) is 10.2. The van der Waals surface area contributed by atoms with Gasteiger partial charge in [-0.15, -0.1) is 0 Å². The molecule has 0 aliphatic rings. The van der Waals surface area contributed by atoms with E-state index in [9.17, 15) is 9.59 Å². The molecule has 1 unspecified atom stereocenters. The number of amides is 1. The Morgan fingerprint density at radius 2 is 1.95 bits per heavy atom. The minimum Gasteiger partial charge on any atom is -0.345 e. The average molecular weight is 302 g/mol. The summed E-state index contributed by atoms with van der Waals surface area (Å²) in [5, 5.41) is 7.25. The van der Waals surface area contributed by atoms with Gasteiger partial charge in [-0.25, -0.2) is 0 Å². The maximum Gasteiger partial charge on any atom is 0.261 e. The zero-order valence-electron chi connectivity index (χ0n) is 13.9. The van der Waals surface area contributed by atoms with Gasteiger partial charge in [0, 0.05) is 24.0 Å². The highest BCUT2D eigenvalue weighted by atomic mass is 16.2. The van der Waals surface area contributed by atoms with Crippen LogP contribution in [0.1, 0.15) is 51.5 Å². The summed E-state index contributed by atoms with van der Waals surface area (Å²) in [5.74, 6) is -0.367. The Morgan fingerprint density at radius 1 is 1.32 bits per heavy atom. The van der Waals surface area contributed by atoms with Gasteiger partial charge in [-0.2, -0.15) is 5.10 Å². The highest BCUT2D eigenvalue weighted by Gasteiger charge is 2.21. The molecule has 118 valence electrons. The molecule has 2 heterocycles. The van der Waals surface area contributed by atoms with Crippen LogP contribution < -0.4 is 10.9 Å². The Balaban J connectivity index is 2.31. The SMILES string of the molecule is Cc1cc(C)c(C(=O)NC(C)c2c(C)nn(C)c2C)c(=O)[nH]1. The van der Waals surface area contributed by atoms with Crippen LogP contribution in [0.15, 0.2) is 10.9 Å². The van der Waals surface area contributed by atoms with Crippen molar-refractivity contribution in [3.05, 3.63) is 50.2 Å². The maximum atomic E-state index is 12.5. The second-order valence-corrected chi connectivity index (χ2v) is 5.74. The average Bonchev–Trinajstić information content (AvgIpc) is 2.61. The number of nitrogens with one attached hydrogen (secondary N) is 2. The van der Waals surface area contributed by atoms with E-state index in [-0.39, 0.29) is 23.1 Å². The van der Waals surface area contributed by atoms with Gasteiger partial charge >= 0.3 is 0 Å². The van der Waals surface area contributed by atoms with Crippen molar-refractivity contribution >= 4 is 5.91 Å². The quantitative estimate of drug-likeness (QED) is 0.908. The molecular weight excluding hydrogens is 280 g/mol. The molecule has 0 saturated heterocycles. The van der Waals surface area contributed by atoms with Gasteiger partial charge in [-0.3, -0.25) is 14.3 Å². The number of aryl methyl sites for hydroxylation is 4. The van der Waals surface area contributed by atoms with Crippen LogP contribution in [-0.2, 0) is 7.05 Å². The molecule has 6 heteroatoms. The Labute approximate surface area is 129 Å². The predicted octanol–water partition coefficient (Wildman–Crippen LogP) is 1.83. The van der Waals surface area contributed by atoms with Crippen molar-refractivity contribution in [3.63, 3.8) is 0 Å². The number of aromatic nitrogens is 3. The molecule has 0 radical (unpaired) electrons. The summed E-state index contributed by atoms with van der Waals surface area (Å²) >= 11 is 0. The Hall–Kier alpha value is -2.37. The zero-order chi connectivity index (χ0) is 16.6. The summed E-state index contributed by atoms with van der Waals surface area (Å²) in [6.45, 7) is 9.33. The van der Waals surface area contributed by atoms with Crippen LogP contribution in [0.4, 0.5) is 0 Å². The van der Waals surface area contributed by atoms with E-state index in [0.717, 1.165) is 22.6 Å². The van der Waals surface area contributed by atoms with Crippen molar-refractivity contribution in [2.45, 2.75) is 40.7 Å². The lowest BCUT2D eigenvalue weighted by Crippen LogP contribution is -2.33. The molecule has 2 aromatic heterocycles. The first-order valence-electron chi connectivity index (χ1n) is 7.23. The van der Waals surface area contributed by atoms with E-state index in [0.29, 0.717) is 5.56 Å². The molecular formula is C16H22N4O2. The smallest absolute Gasteiger partial charge is 0.261 e. The molecule has 0 aromatic carbocycles. The summed E-state index contributed by atoms with van der Waals surface area (Å²) < 4.78 is 1.79. The van der Waals surface area contributed by atoms with Crippen molar-refractivity contribution in [2.24, 2.45) is 7.05 Å². The Morgan fingerprint density at radius 3 is 2.45 bits per heavy atom. The molecule has 1 atom stereocenters. The molecule has 2 rings (SSSR count). The van der Waals surface area contributed by atoms with Gasteiger partial charge in [0.15, 0.2) is 0 Å². The Bertz CT molecular complexity index is 786. The summed E-state index contributed by atoms with van der Waals surface area (Å²) in [6, 6.07) is 1.57. The molecule has 0 aliphatic carbocycles. The van der Waals surface area contributed by atoms with Gasteiger partial charge in [-0.1, -0.05) is 0 Å². The zero-order valence-corrected chi connectivity index (χ0v) is 13.9. The van der Waals surface area contributed by atoms with Crippen LogP contribution in [0.5, 0.6) is 0 Å². The van der Waals surface area contributed by atoms with Crippen molar-refractivity contribution in [3.8, 4) is 0 Å². The van der Waals surface area contributed by atoms with Crippen molar-refractivity contribution < 1.29 is 4.79 Å². The van der Waals surface area contributed by atoms with Crippen LogP contribution in [0, 0.1) is 27.7 Å². The molecule has 0 bridgehead atoms. The molecule has 1 amide bonds. The number of rotatable bonds is 3. The molecule has 0 spiro atoms. The summed E-state index contributed by atoms with van der Waals surface area (Å²) in [6.07, 6.45) is 0. The van der Waals surface area contributed by atoms with E-state index >= 15 is 0 Å². The summed E-state index contributed by atoms with van der Waals surface area (Å²) in [7, 11) is 1.87. The first-order valence-corrected chi connectivity index (χ1v) is 7.23. The standard InChI is InChI=1S/C16H22N4O2/c1-8-7-9(2)17-15(21)13(8)16(22)18-10(3)14-11(4)19-20(6)12(14)5/h7,10H,1-6H3,(H,17,21)(H,18,22). The number of hydrogen-bond acceptors (Lipinski definition) is 3. The van der Waals surface area contributed by atoms with Crippen LogP contribution in [-0.4, -0.2) is 20.7 Å². The van der Waals surface area contributed by atoms with Gasteiger partial charge in [0.05, 0.1) is 11.7 Å². The number of nitrogens with zero attached hydrogens (tertiary/aromatic N) is 2. The molecule has 0 aliphatic heterocycles. The summed E-state index contributed by atoms with van der Waals surface area (Å²) in [5.41, 5.74) is 4.08. The minimum atomic E-state index is -0.367. The number of pyridine rings is 1. The number of H-pyrrole nitrogens is 1. The Kier molecular flexibility index (Phi) is 4.21. The van der Waals surface area contributed by atoms with Crippen molar-refractivity contribution in [1.82, 2.24) is 20.1 Å². The van der Waals surface area contributed by atoms with Gasteiger partial charge < -0.3 is 10.3 Å². The van der Waals surface area contributed by atoms with E-state index in [1.165, 1.54) is 0 Å². The van der Waals surface area contributed by atoms with Crippen LogP contribution in [0.25, 0.3) is 0 Å². The van der Waals surface area contributed by atoms with Gasteiger partial charge in [-0.05, 0) is 46.2 Å². The monoisotopic (exact) mass is 302 g/mol. The highest BCUT2D eigenvalue weighted by Crippen LogP contribution is 2.21. The maximum absolute atomic E-state index is 12.5. The normalized spacial score (nSPS) is 12.3. The van der Waals surface area contributed by atoms with Gasteiger partial charge in [0.1, 0.15) is 5.56 Å². The first kappa shape index (κ1) is 16.0. The van der Waals surface area contributed by atoms with Crippen LogP contribution in [0.2, 0.25) is 0 Å². The van der Waals surface area contributed by atoms with E-state index in [1.54, 1.807) is 24.6 Å². The second-order valence-electron chi connectivity index (χ2n) is 5.74. The molecule has 6 nitrogen and oxygen atoms in total. The van der Waals surface area contributed by atoms with Gasteiger partial charge in [0.25, 0.3) is 11.5 Å².